The second kappa shape index (κ2) is 9.23. The van der Waals surface area contributed by atoms with Crippen molar-refractivity contribution in [2.24, 2.45) is 5.92 Å². The van der Waals surface area contributed by atoms with Gasteiger partial charge in [0.1, 0.15) is 0 Å². The maximum Gasteiger partial charge on any atom is 0.222 e. The average Bonchev–Trinajstić information content (AvgIpc) is 3.06. The summed E-state index contributed by atoms with van der Waals surface area (Å²) in [5, 5.41) is 4.38. The lowest BCUT2D eigenvalue weighted by atomic mass is 10.1. The highest BCUT2D eigenvalue weighted by Gasteiger charge is 2.15. The van der Waals surface area contributed by atoms with Gasteiger partial charge < -0.3 is 9.64 Å². The molecule has 130 valence electrons. The van der Waals surface area contributed by atoms with E-state index in [4.69, 9.17) is 4.74 Å². The fourth-order valence-electron chi connectivity index (χ4n) is 2.58. The fourth-order valence-corrected chi connectivity index (χ4v) is 2.58. The summed E-state index contributed by atoms with van der Waals surface area (Å²) in [5.74, 6) is 0.625. The van der Waals surface area contributed by atoms with Gasteiger partial charge in [-0.15, -0.1) is 0 Å². The minimum atomic E-state index is 0.174. The van der Waals surface area contributed by atoms with Gasteiger partial charge in [0.25, 0.3) is 0 Å². The quantitative estimate of drug-likeness (QED) is 0.711. The largest absolute Gasteiger partial charge is 0.383 e. The molecule has 0 bridgehead atoms. The van der Waals surface area contributed by atoms with E-state index in [0.29, 0.717) is 31.9 Å². The van der Waals surface area contributed by atoms with E-state index in [1.54, 1.807) is 7.11 Å². The molecule has 1 amide bonds. The van der Waals surface area contributed by atoms with Crippen LogP contribution < -0.4 is 0 Å². The van der Waals surface area contributed by atoms with E-state index >= 15 is 0 Å². The Morgan fingerprint density at radius 3 is 2.71 bits per heavy atom. The van der Waals surface area contributed by atoms with E-state index in [-0.39, 0.29) is 5.91 Å². The fraction of sp³-hybridized carbons (Fsp3) is 0.474. The molecular weight excluding hydrogens is 302 g/mol. The number of carbonyl (C=O) groups excluding carboxylic acids is 1. The van der Waals surface area contributed by atoms with Crippen LogP contribution in [0.4, 0.5) is 0 Å². The van der Waals surface area contributed by atoms with Gasteiger partial charge in [-0.2, -0.15) is 5.10 Å². The van der Waals surface area contributed by atoms with Crippen molar-refractivity contribution in [2.45, 2.75) is 26.7 Å². The lowest BCUT2D eigenvalue weighted by Crippen LogP contribution is -2.36. The average molecular weight is 329 g/mol. The summed E-state index contributed by atoms with van der Waals surface area (Å²) in [6, 6.07) is 9.98. The lowest BCUT2D eigenvalue weighted by molar-refractivity contribution is -0.132. The molecule has 0 aliphatic carbocycles. The second-order valence-electron chi connectivity index (χ2n) is 6.36. The van der Waals surface area contributed by atoms with Crippen LogP contribution >= 0.6 is 0 Å². The summed E-state index contributed by atoms with van der Waals surface area (Å²) >= 11 is 0. The zero-order valence-electron chi connectivity index (χ0n) is 14.8. The van der Waals surface area contributed by atoms with Gasteiger partial charge in [-0.05, 0) is 30.0 Å². The van der Waals surface area contributed by atoms with E-state index in [0.717, 1.165) is 17.8 Å². The third-order valence-corrected chi connectivity index (χ3v) is 3.79. The zero-order chi connectivity index (χ0) is 17.4. The number of ether oxygens (including phenoxy) is 1. The molecule has 0 saturated heterocycles. The highest BCUT2D eigenvalue weighted by Crippen LogP contribution is 2.10. The van der Waals surface area contributed by atoms with E-state index in [1.165, 1.54) is 0 Å². The molecule has 0 atom stereocenters. The van der Waals surface area contributed by atoms with Gasteiger partial charge in [-0.1, -0.05) is 32.0 Å². The Morgan fingerprint density at radius 2 is 2.04 bits per heavy atom. The molecule has 0 N–H and O–H groups in total. The summed E-state index contributed by atoms with van der Waals surface area (Å²) in [7, 11) is 1.66. The summed E-state index contributed by atoms with van der Waals surface area (Å²) in [4.78, 5) is 14.4. The molecule has 0 spiro atoms. The van der Waals surface area contributed by atoms with Crippen molar-refractivity contribution in [1.82, 2.24) is 14.7 Å². The Bertz CT molecular complexity index is 623. The number of aromatic nitrogens is 2. The molecule has 0 fully saturated rings. The van der Waals surface area contributed by atoms with Crippen LogP contribution in [-0.2, 0) is 16.0 Å². The molecule has 1 aromatic carbocycles. The van der Waals surface area contributed by atoms with Crippen LogP contribution in [0.15, 0.2) is 42.7 Å². The van der Waals surface area contributed by atoms with Crippen molar-refractivity contribution in [1.29, 1.82) is 0 Å². The van der Waals surface area contributed by atoms with Crippen LogP contribution in [0.2, 0.25) is 0 Å². The van der Waals surface area contributed by atoms with Crippen LogP contribution in [-0.4, -0.2) is 47.4 Å². The SMILES string of the molecule is COCCN(CC(C)C)C(=O)CCc1cnn(-c2ccccc2)c1. The van der Waals surface area contributed by atoms with Crippen molar-refractivity contribution in [3.05, 3.63) is 48.3 Å². The maximum atomic E-state index is 12.5. The topological polar surface area (TPSA) is 47.4 Å². The Kier molecular flexibility index (Phi) is 7.00. The number of aryl methyl sites for hydroxylation is 1. The Hall–Kier alpha value is -2.14. The highest BCUT2D eigenvalue weighted by atomic mass is 16.5. The zero-order valence-corrected chi connectivity index (χ0v) is 14.8. The molecule has 0 radical (unpaired) electrons. The van der Waals surface area contributed by atoms with Gasteiger partial charge in [0.2, 0.25) is 5.91 Å². The first-order valence-electron chi connectivity index (χ1n) is 8.46. The van der Waals surface area contributed by atoms with Crippen molar-refractivity contribution in [3.8, 4) is 5.69 Å². The molecule has 2 rings (SSSR count). The number of carbonyl (C=O) groups is 1. The third-order valence-electron chi connectivity index (χ3n) is 3.79. The molecular formula is C19H27N3O2. The van der Waals surface area contributed by atoms with Crippen molar-refractivity contribution >= 4 is 5.91 Å². The molecule has 1 heterocycles. The number of benzene rings is 1. The Balaban J connectivity index is 1.91. The van der Waals surface area contributed by atoms with Crippen molar-refractivity contribution < 1.29 is 9.53 Å². The molecule has 0 aliphatic rings. The van der Waals surface area contributed by atoms with E-state index < -0.39 is 0 Å². The second-order valence-corrected chi connectivity index (χ2v) is 6.36. The van der Waals surface area contributed by atoms with Gasteiger partial charge in [-0.25, -0.2) is 4.68 Å². The molecule has 5 nitrogen and oxygen atoms in total. The number of para-hydroxylation sites is 1. The first kappa shape index (κ1) is 18.2. The first-order valence-corrected chi connectivity index (χ1v) is 8.46. The smallest absolute Gasteiger partial charge is 0.222 e. The van der Waals surface area contributed by atoms with E-state index in [9.17, 15) is 4.79 Å². The predicted molar refractivity (Wildman–Crippen MR) is 95.2 cm³/mol. The number of hydrogen-bond acceptors (Lipinski definition) is 3. The normalized spacial score (nSPS) is 11.0. The molecule has 0 unspecified atom stereocenters. The molecule has 2 aromatic rings. The van der Waals surface area contributed by atoms with Crippen LogP contribution in [0, 0.1) is 5.92 Å². The Labute approximate surface area is 144 Å². The van der Waals surface area contributed by atoms with E-state index in [1.807, 2.05) is 52.3 Å². The van der Waals surface area contributed by atoms with Crippen LogP contribution in [0.1, 0.15) is 25.8 Å². The van der Waals surface area contributed by atoms with Crippen LogP contribution in [0.25, 0.3) is 5.69 Å². The minimum Gasteiger partial charge on any atom is -0.383 e. The highest BCUT2D eigenvalue weighted by molar-refractivity contribution is 5.76. The first-order chi connectivity index (χ1) is 11.6. The third kappa shape index (κ3) is 5.49. The van der Waals surface area contributed by atoms with Gasteiger partial charge in [0.15, 0.2) is 0 Å². The monoisotopic (exact) mass is 329 g/mol. The van der Waals surface area contributed by atoms with Crippen molar-refractivity contribution in [2.75, 3.05) is 26.8 Å². The van der Waals surface area contributed by atoms with Gasteiger partial charge >= 0.3 is 0 Å². The summed E-state index contributed by atoms with van der Waals surface area (Å²) in [6.45, 7) is 6.24. The maximum absolute atomic E-state index is 12.5. The summed E-state index contributed by atoms with van der Waals surface area (Å²) < 4.78 is 6.96. The summed E-state index contributed by atoms with van der Waals surface area (Å²) in [6.07, 6.45) is 5.02. The van der Waals surface area contributed by atoms with Gasteiger partial charge in [0.05, 0.1) is 18.5 Å². The number of nitrogens with zero attached hydrogens (tertiary/aromatic N) is 3. The number of amides is 1. The molecule has 24 heavy (non-hydrogen) atoms. The summed E-state index contributed by atoms with van der Waals surface area (Å²) in [5.41, 5.74) is 2.10. The molecule has 0 aliphatic heterocycles. The predicted octanol–water partition coefficient (Wildman–Crippen LogP) is 2.94. The molecule has 1 aromatic heterocycles. The van der Waals surface area contributed by atoms with E-state index in [2.05, 4.69) is 18.9 Å². The number of rotatable bonds is 9. The van der Waals surface area contributed by atoms with Crippen LogP contribution in [0.5, 0.6) is 0 Å². The van der Waals surface area contributed by atoms with Crippen molar-refractivity contribution in [3.63, 3.8) is 0 Å². The number of hydrogen-bond donors (Lipinski definition) is 0. The molecule has 5 heteroatoms. The lowest BCUT2D eigenvalue weighted by Gasteiger charge is -2.24. The van der Waals surface area contributed by atoms with Crippen LogP contribution in [0.3, 0.4) is 0 Å². The number of methoxy groups -OCH3 is 1. The van der Waals surface area contributed by atoms with Gasteiger partial charge in [0, 0.05) is 32.8 Å². The minimum absolute atomic E-state index is 0.174. The molecule has 0 saturated carbocycles. The Morgan fingerprint density at radius 1 is 1.29 bits per heavy atom. The van der Waals surface area contributed by atoms with Gasteiger partial charge in [-0.3, -0.25) is 4.79 Å². The standard InChI is InChI=1S/C19H27N3O2/c1-16(2)14-21(11-12-24-3)19(23)10-9-17-13-20-22(15-17)18-7-5-4-6-8-18/h4-8,13,15-16H,9-12,14H2,1-3H3.